The summed E-state index contributed by atoms with van der Waals surface area (Å²) in [5, 5.41) is 0. The molecule has 1 unspecified atom stereocenters. The Labute approximate surface area is 151 Å². The number of hydrogen-bond acceptors (Lipinski definition) is 6. The number of amides is 1. The van der Waals surface area contributed by atoms with Gasteiger partial charge in [-0.1, -0.05) is 6.07 Å². The number of nitrogens with zero attached hydrogens (tertiary/aromatic N) is 1. The Balaban J connectivity index is 2.07. The van der Waals surface area contributed by atoms with Crippen LogP contribution in [0.2, 0.25) is 0 Å². The van der Waals surface area contributed by atoms with Crippen LogP contribution < -0.4 is 9.62 Å². The van der Waals surface area contributed by atoms with Gasteiger partial charge in [0.25, 0.3) is 0 Å². The van der Waals surface area contributed by atoms with E-state index in [0.29, 0.717) is 18.7 Å². The zero-order valence-electron chi connectivity index (χ0n) is 15.0. The molecule has 0 bridgehead atoms. The number of hydrogen-bond donors (Lipinski definition) is 1. The van der Waals surface area contributed by atoms with Gasteiger partial charge >= 0.3 is 12.1 Å². The van der Waals surface area contributed by atoms with E-state index in [1.165, 1.54) is 7.11 Å². The summed E-state index contributed by atoms with van der Waals surface area (Å²) in [7, 11) is 1.30. The summed E-state index contributed by atoms with van der Waals surface area (Å²) < 4.78 is 25.0. The molecule has 1 aromatic rings. The minimum Gasteiger partial charge on any atom is -0.593 e. The van der Waals surface area contributed by atoms with Crippen molar-refractivity contribution in [1.82, 2.24) is 0 Å². The standard InChI is InChI=1S/C17H24N2O5S/c1-17(2,3)24-16(21)19-10-8-12-13(6-5-7-14(12)19)18-25(22)11-9-15(20)23-4/h5-7,18H,8-11H2,1-4H3. The number of carbonyl (C=O) groups is 2. The second kappa shape index (κ2) is 7.97. The average molecular weight is 368 g/mol. The quantitative estimate of drug-likeness (QED) is 0.635. The smallest absolute Gasteiger partial charge is 0.414 e. The normalized spacial score (nSPS) is 14.7. The van der Waals surface area contributed by atoms with E-state index < -0.39 is 29.0 Å². The molecule has 0 aliphatic carbocycles. The minimum atomic E-state index is -1.41. The van der Waals surface area contributed by atoms with Crippen molar-refractivity contribution in [2.45, 2.75) is 39.2 Å². The molecule has 25 heavy (non-hydrogen) atoms. The van der Waals surface area contributed by atoms with Gasteiger partial charge in [-0.05, 0) is 39.3 Å². The van der Waals surface area contributed by atoms with E-state index in [1.807, 2.05) is 32.9 Å². The van der Waals surface area contributed by atoms with Gasteiger partial charge in [0, 0.05) is 12.1 Å². The molecular weight excluding hydrogens is 344 g/mol. The molecule has 1 aromatic carbocycles. The molecule has 0 spiro atoms. The fourth-order valence-electron chi connectivity index (χ4n) is 2.49. The van der Waals surface area contributed by atoms with E-state index in [-0.39, 0.29) is 12.2 Å². The molecule has 1 aliphatic rings. The zero-order chi connectivity index (χ0) is 18.6. The van der Waals surface area contributed by atoms with Crippen LogP contribution in [0.4, 0.5) is 16.2 Å². The Bertz CT molecular complexity index is 644. The predicted octanol–water partition coefficient (Wildman–Crippen LogP) is 2.62. The summed E-state index contributed by atoms with van der Waals surface area (Å²) in [6, 6.07) is 5.45. The number of methoxy groups -OCH3 is 1. The van der Waals surface area contributed by atoms with Crippen LogP contribution in [0.5, 0.6) is 0 Å². The van der Waals surface area contributed by atoms with Gasteiger partial charge in [0.05, 0.1) is 36.3 Å². The van der Waals surface area contributed by atoms with Crippen LogP contribution in [0, 0.1) is 0 Å². The van der Waals surface area contributed by atoms with Crippen LogP contribution in [0.15, 0.2) is 18.2 Å². The third-order valence-electron chi connectivity index (χ3n) is 3.58. The van der Waals surface area contributed by atoms with Gasteiger partial charge < -0.3 is 14.0 Å². The molecule has 1 N–H and O–H groups in total. The molecule has 8 heteroatoms. The summed E-state index contributed by atoms with van der Waals surface area (Å²) >= 11 is -1.41. The second-order valence-corrected chi connectivity index (χ2v) is 7.97. The van der Waals surface area contributed by atoms with Crippen molar-refractivity contribution in [1.29, 1.82) is 0 Å². The van der Waals surface area contributed by atoms with Crippen LogP contribution in [-0.4, -0.2) is 41.6 Å². The topological polar surface area (TPSA) is 90.9 Å². The summed E-state index contributed by atoms with van der Waals surface area (Å²) in [6.45, 7) is 5.98. The van der Waals surface area contributed by atoms with Crippen LogP contribution in [-0.2, 0) is 32.1 Å². The summed E-state index contributed by atoms with van der Waals surface area (Å²) in [6.07, 6.45) is 0.330. The van der Waals surface area contributed by atoms with Crippen LogP contribution in [0.25, 0.3) is 0 Å². The van der Waals surface area contributed by atoms with Crippen molar-refractivity contribution in [3.8, 4) is 0 Å². The summed E-state index contributed by atoms with van der Waals surface area (Å²) in [4.78, 5) is 25.1. The van der Waals surface area contributed by atoms with Gasteiger partial charge in [-0.15, -0.1) is 0 Å². The lowest BCUT2D eigenvalue weighted by Gasteiger charge is -2.25. The second-order valence-electron chi connectivity index (χ2n) is 6.66. The molecule has 0 saturated heterocycles. The predicted molar refractivity (Wildman–Crippen MR) is 97.0 cm³/mol. The van der Waals surface area contributed by atoms with E-state index in [0.717, 1.165) is 11.3 Å². The lowest BCUT2D eigenvalue weighted by Crippen LogP contribution is -2.35. The molecule has 0 fully saturated rings. The van der Waals surface area contributed by atoms with Crippen molar-refractivity contribution >= 4 is 34.8 Å². The van der Waals surface area contributed by atoms with E-state index in [1.54, 1.807) is 11.0 Å². The number of anilines is 2. The van der Waals surface area contributed by atoms with E-state index in [4.69, 9.17) is 4.74 Å². The highest BCUT2D eigenvalue weighted by Crippen LogP contribution is 2.35. The number of benzene rings is 1. The van der Waals surface area contributed by atoms with Gasteiger partial charge in [0.2, 0.25) is 0 Å². The van der Waals surface area contributed by atoms with Crippen LogP contribution >= 0.6 is 0 Å². The fourth-order valence-corrected chi connectivity index (χ4v) is 3.38. The molecule has 0 aromatic heterocycles. The first-order valence-corrected chi connectivity index (χ1v) is 9.37. The first-order chi connectivity index (χ1) is 11.7. The number of fused-ring (bicyclic) bond motifs is 1. The fraction of sp³-hybridized carbons (Fsp3) is 0.529. The Hall–Kier alpha value is -1.93. The number of carbonyl (C=O) groups excluding carboxylic acids is 2. The van der Waals surface area contributed by atoms with Crippen molar-refractivity contribution in [3.63, 3.8) is 0 Å². The molecular formula is C17H24N2O5S. The maximum atomic E-state index is 12.3. The Kier molecular flexibility index (Phi) is 6.18. The molecule has 7 nitrogen and oxygen atoms in total. The van der Waals surface area contributed by atoms with Gasteiger partial charge in [-0.3, -0.25) is 9.69 Å². The number of ether oxygens (including phenoxy) is 2. The Morgan fingerprint density at radius 2 is 2.08 bits per heavy atom. The van der Waals surface area contributed by atoms with Crippen molar-refractivity contribution in [2.75, 3.05) is 29.0 Å². The summed E-state index contributed by atoms with van der Waals surface area (Å²) in [5.41, 5.74) is 1.81. The number of rotatable bonds is 5. The van der Waals surface area contributed by atoms with Crippen LogP contribution in [0.3, 0.4) is 0 Å². The van der Waals surface area contributed by atoms with Gasteiger partial charge in [0.15, 0.2) is 0 Å². The van der Waals surface area contributed by atoms with Crippen molar-refractivity contribution in [3.05, 3.63) is 23.8 Å². The third kappa shape index (κ3) is 5.27. The average Bonchev–Trinajstić information content (AvgIpc) is 2.96. The van der Waals surface area contributed by atoms with Crippen molar-refractivity contribution < 1.29 is 23.6 Å². The molecule has 0 radical (unpaired) electrons. The lowest BCUT2D eigenvalue weighted by molar-refractivity contribution is -0.140. The maximum absolute atomic E-state index is 12.3. The Morgan fingerprint density at radius 1 is 1.36 bits per heavy atom. The molecule has 0 saturated carbocycles. The Morgan fingerprint density at radius 3 is 2.72 bits per heavy atom. The van der Waals surface area contributed by atoms with Gasteiger partial charge in [0.1, 0.15) is 11.4 Å². The van der Waals surface area contributed by atoms with Crippen molar-refractivity contribution in [2.24, 2.45) is 0 Å². The molecule has 1 aliphatic heterocycles. The first-order valence-electron chi connectivity index (χ1n) is 8.05. The highest BCUT2D eigenvalue weighted by atomic mass is 32.2. The maximum Gasteiger partial charge on any atom is 0.414 e. The monoisotopic (exact) mass is 368 g/mol. The number of esters is 1. The van der Waals surface area contributed by atoms with E-state index in [9.17, 15) is 14.1 Å². The number of nitrogens with one attached hydrogen (secondary N) is 1. The first kappa shape index (κ1) is 19.4. The summed E-state index contributed by atoms with van der Waals surface area (Å²) in [5.74, 6) is -0.240. The molecule has 1 atom stereocenters. The largest absolute Gasteiger partial charge is 0.593 e. The highest BCUT2D eigenvalue weighted by Gasteiger charge is 2.30. The van der Waals surface area contributed by atoms with Gasteiger partial charge in [-0.25, -0.2) is 9.52 Å². The third-order valence-corrected chi connectivity index (χ3v) is 4.61. The molecule has 1 heterocycles. The van der Waals surface area contributed by atoms with Gasteiger partial charge in [-0.2, -0.15) is 0 Å². The molecule has 138 valence electrons. The SMILES string of the molecule is COC(=O)CC[S+]([O-])Nc1cccc2c1CCN2C(=O)OC(C)(C)C. The minimum absolute atomic E-state index is 0.0785. The molecule has 2 rings (SSSR count). The highest BCUT2D eigenvalue weighted by molar-refractivity contribution is 7.92. The van der Waals surface area contributed by atoms with Crippen LogP contribution in [0.1, 0.15) is 32.8 Å². The molecule has 1 amide bonds. The van der Waals surface area contributed by atoms with E-state index in [2.05, 4.69) is 9.46 Å². The lowest BCUT2D eigenvalue weighted by atomic mass is 10.1. The van der Waals surface area contributed by atoms with E-state index >= 15 is 0 Å². The zero-order valence-corrected chi connectivity index (χ0v) is 15.8.